The molecule has 51 heavy (non-hydrogen) atoms. The van der Waals surface area contributed by atoms with Gasteiger partial charge in [-0.2, -0.15) is 0 Å². The van der Waals surface area contributed by atoms with E-state index in [1.807, 2.05) is 12.1 Å². The van der Waals surface area contributed by atoms with E-state index in [2.05, 4.69) is 29.7 Å². The number of aromatic hydroxyl groups is 2. The van der Waals surface area contributed by atoms with Crippen molar-refractivity contribution in [1.29, 1.82) is 0 Å². The molecule has 8 nitrogen and oxygen atoms in total. The van der Waals surface area contributed by atoms with Gasteiger partial charge in [0.15, 0.2) is 5.78 Å². The fourth-order valence-corrected chi connectivity index (χ4v) is 8.31. The van der Waals surface area contributed by atoms with E-state index in [1.165, 1.54) is 59.3 Å². The van der Waals surface area contributed by atoms with Gasteiger partial charge in [0, 0.05) is 57.1 Å². The van der Waals surface area contributed by atoms with Gasteiger partial charge in [-0.1, -0.05) is 67.5 Å². The van der Waals surface area contributed by atoms with E-state index < -0.39 is 23.2 Å². The van der Waals surface area contributed by atoms with Crippen LogP contribution in [0.15, 0.2) is 60.2 Å². The van der Waals surface area contributed by atoms with Crippen LogP contribution >= 0.6 is 24.0 Å². The van der Waals surface area contributed by atoms with Crippen LogP contribution in [0.3, 0.4) is 0 Å². The summed E-state index contributed by atoms with van der Waals surface area (Å²) in [6.07, 6.45) is 13.1. The Hall–Kier alpha value is -4.40. The predicted octanol–water partition coefficient (Wildman–Crippen LogP) is 9.07. The Balaban J connectivity index is 0.00000448. The van der Waals surface area contributed by atoms with Crippen molar-refractivity contribution in [2.24, 2.45) is 5.92 Å². The third-order valence-electron chi connectivity index (χ3n) is 10.4. The molecule has 3 aliphatic rings. The Labute approximate surface area is 309 Å². The molecule has 1 aromatic heterocycles. The molecule has 0 saturated heterocycles. The second-order valence-electron chi connectivity index (χ2n) is 14.1. The summed E-state index contributed by atoms with van der Waals surface area (Å²) in [6, 6.07) is 12.9. The fourth-order valence-electron chi connectivity index (χ4n) is 8.14. The maximum Gasteiger partial charge on any atom is 0.251 e. The Bertz CT molecular complexity index is 2060. The molecule has 2 atom stereocenters. The van der Waals surface area contributed by atoms with Gasteiger partial charge in [0.2, 0.25) is 5.78 Å². The SMILES string of the molecule is CC1=C[C@H]2Cc3nc4cc(Cl)ccc4c(NCCCCCCCCCNC(=O)c4cc(O)c5c(c4)C(=O)c4cccc(O)c4C5=O)c3[C@@H](C1)C2.Cl. The average molecular weight is 729 g/mol. The first kappa shape index (κ1) is 36.4. The zero-order valence-corrected chi connectivity index (χ0v) is 30.3. The van der Waals surface area contributed by atoms with E-state index in [4.69, 9.17) is 16.6 Å². The van der Waals surface area contributed by atoms with E-state index in [1.54, 1.807) is 0 Å². The number of anilines is 1. The molecule has 0 fully saturated rings. The summed E-state index contributed by atoms with van der Waals surface area (Å²) in [5.41, 5.74) is 6.14. The number of nitrogens with zero attached hydrogens (tertiary/aromatic N) is 1. The van der Waals surface area contributed by atoms with E-state index >= 15 is 0 Å². The molecule has 0 unspecified atom stereocenters. The number of fused-ring (bicyclic) bond motifs is 7. The summed E-state index contributed by atoms with van der Waals surface area (Å²) in [6.45, 7) is 3.64. The number of pyridine rings is 1. The summed E-state index contributed by atoms with van der Waals surface area (Å²) in [7, 11) is 0. The number of unbranched alkanes of at least 4 members (excludes halogenated alkanes) is 6. The number of nitrogens with one attached hydrogen (secondary N) is 2. The van der Waals surface area contributed by atoms with Crippen LogP contribution < -0.4 is 10.6 Å². The number of carbonyl (C=O) groups is 3. The van der Waals surface area contributed by atoms with Crippen LogP contribution in [-0.4, -0.2) is 45.8 Å². The minimum Gasteiger partial charge on any atom is -0.507 e. The summed E-state index contributed by atoms with van der Waals surface area (Å²) < 4.78 is 0. The third-order valence-corrected chi connectivity index (χ3v) is 10.6. The van der Waals surface area contributed by atoms with Crippen LogP contribution in [0.2, 0.25) is 5.02 Å². The molecular weight excluding hydrogens is 685 g/mol. The first-order chi connectivity index (χ1) is 24.2. The number of benzene rings is 3. The Kier molecular flexibility index (Phi) is 11.0. The van der Waals surface area contributed by atoms with Gasteiger partial charge in [-0.25, -0.2) is 0 Å². The number of allylic oxidation sites excluding steroid dienone is 2. The van der Waals surface area contributed by atoms with Gasteiger partial charge in [-0.3, -0.25) is 19.4 Å². The van der Waals surface area contributed by atoms with Crippen LogP contribution in [0.5, 0.6) is 11.5 Å². The van der Waals surface area contributed by atoms with Crippen molar-refractivity contribution >= 4 is 58.1 Å². The van der Waals surface area contributed by atoms with E-state index in [9.17, 15) is 24.6 Å². The monoisotopic (exact) mass is 727 g/mol. The van der Waals surface area contributed by atoms with Crippen molar-refractivity contribution < 1.29 is 24.6 Å². The zero-order valence-electron chi connectivity index (χ0n) is 28.7. The number of hydrogen-bond acceptors (Lipinski definition) is 7. The molecule has 10 heteroatoms. The second-order valence-corrected chi connectivity index (χ2v) is 14.5. The number of amides is 1. The maximum atomic E-state index is 13.1. The molecule has 0 radical (unpaired) electrons. The Morgan fingerprint density at radius 2 is 1.59 bits per heavy atom. The summed E-state index contributed by atoms with van der Waals surface area (Å²) in [4.78, 5) is 44.0. The number of phenolic OH excluding ortho intramolecular Hbond substituents is 2. The first-order valence-electron chi connectivity index (χ1n) is 17.8. The summed E-state index contributed by atoms with van der Waals surface area (Å²) in [5.74, 6) is -1.26. The van der Waals surface area contributed by atoms with Crippen LogP contribution in [-0.2, 0) is 6.42 Å². The minimum absolute atomic E-state index is 0. The van der Waals surface area contributed by atoms with Gasteiger partial charge in [0.25, 0.3) is 5.91 Å². The highest BCUT2D eigenvalue weighted by Crippen LogP contribution is 2.47. The molecule has 3 aromatic carbocycles. The van der Waals surface area contributed by atoms with E-state index in [0.29, 0.717) is 23.4 Å². The quantitative estimate of drug-likeness (QED) is 0.0746. The molecule has 4 aromatic rings. The van der Waals surface area contributed by atoms with Gasteiger partial charge in [-0.15, -0.1) is 12.4 Å². The predicted molar refractivity (Wildman–Crippen MR) is 203 cm³/mol. The van der Waals surface area contributed by atoms with Gasteiger partial charge < -0.3 is 20.8 Å². The van der Waals surface area contributed by atoms with Crippen molar-refractivity contribution in [3.63, 3.8) is 0 Å². The van der Waals surface area contributed by atoms with Gasteiger partial charge >= 0.3 is 0 Å². The van der Waals surface area contributed by atoms with Crippen molar-refractivity contribution in [2.45, 2.75) is 77.0 Å². The van der Waals surface area contributed by atoms with E-state index in [0.717, 1.165) is 75.2 Å². The van der Waals surface area contributed by atoms with Gasteiger partial charge in [0.05, 0.1) is 16.6 Å². The molecule has 0 aliphatic heterocycles. The average Bonchev–Trinajstić information content (AvgIpc) is 3.08. The molecular formula is C41H43Cl2N3O5. The number of ketones is 2. The summed E-state index contributed by atoms with van der Waals surface area (Å²) >= 11 is 6.35. The lowest BCUT2D eigenvalue weighted by molar-refractivity contribution is 0.0948. The lowest BCUT2D eigenvalue weighted by Crippen LogP contribution is -2.26. The smallest absolute Gasteiger partial charge is 0.251 e. The zero-order chi connectivity index (χ0) is 34.9. The number of phenols is 2. The molecule has 0 saturated carbocycles. The molecule has 1 heterocycles. The maximum absolute atomic E-state index is 13.1. The number of rotatable bonds is 12. The van der Waals surface area contributed by atoms with Crippen molar-refractivity contribution in [3.05, 3.63) is 104 Å². The van der Waals surface area contributed by atoms with Crippen LogP contribution in [0.1, 0.15) is 124 Å². The minimum atomic E-state index is -0.644. The van der Waals surface area contributed by atoms with E-state index in [-0.39, 0.29) is 46.0 Å². The highest BCUT2D eigenvalue weighted by atomic mass is 35.5. The largest absolute Gasteiger partial charge is 0.507 e. The van der Waals surface area contributed by atoms with Crippen LogP contribution in [0.25, 0.3) is 10.9 Å². The molecule has 4 N–H and O–H groups in total. The van der Waals surface area contributed by atoms with Crippen molar-refractivity contribution in [1.82, 2.24) is 10.3 Å². The second kappa shape index (κ2) is 15.5. The van der Waals surface area contributed by atoms with Crippen LogP contribution in [0, 0.1) is 5.92 Å². The highest BCUT2D eigenvalue weighted by molar-refractivity contribution is 6.31. The normalized spacial score (nSPS) is 17.2. The number of carbonyl (C=O) groups excluding carboxylic acids is 3. The lowest BCUT2D eigenvalue weighted by atomic mass is 9.71. The van der Waals surface area contributed by atoms with Crippen LogP contribution in [0.4, 0.5) is 5.69 Å². The van der Waals surface area contributed by atoms with Gasteiger partial charge in [-0.05, 0) is 87.3 Å². The number of aromatic nitrogens is 1. The number of halogens is 2. The fraction of sp³-hybridized carbons (Fsp3) is 0.366. The van der Waals surface area contributed by atoms with Crippen molar-refractivity contribution in [2.75, 3.05) is 18.4 Å². The summed E-state index contributed by atoms with van der Waals surface area (Å²) in [5, 5.41) is 29.3. The standard InChI is InChI=1S/C41H42ClN3O5.ClH/c1-23-16-24-18-25(17-23)35-32(19-24)45-31-22-27(42)12-13-28(31)38(35)43-14-7-5-3-2-4-6-8-15-44-41(50)26-20-30-37(34(47)21-26)40(49)36-29(39(30)48)10-9-11-33(36)46;/h9-13,16,20-22,24-25,46-47H,2-8,14-15,17-19H2,1H3,(H,43,45)(H,44,50);1H/t24-,25+;/m1./s1. The number of hydrogen-bond donors (Lipinski definition) is 4. The topological polar surface area (TPSA) is 129 Å². The molecule has 3 aliphatic carbocycles. The Morgan fingerprint density at radius 1 is 0.863 bits per heavy atom. The van der Waals surface area contributed by atoms with Gasteiger partial charge in [0.1, 0.15) is 11.5 Å². The molecule has 7 rings (SSSR count). The molecule has 2 bridgehead atoms. The first-order valence-corrected chi connectivity index (χ1v) is 18.2. The molecule has 0 spiro atoms. The Morgan fingerprint density at radius 3 is 2.37 bits per heavy atom. The molecule has 1 amide bonds. The highest BCUT2D eigenvalue weighted by Gasteiger charge is 2.35. The lowest BCUT2D eigenvalue weighted by Gasteiger charge is -2.36. The van der Waals surface area contributed by atoms with Crippen molar-refractivity contribution in [3.8, 4) is 11.5 Å². The molecule has 266 valence electrons. The third kappa shape index (κ3) is 7.35.